The lowest BCUT2D eigenvalue weighted by molar-refractivity contribution is 0.0605. The molecule has 0 atom stereocenters. The molecule has 0 spiro atoms. The van der Waals surface area contributed by atoms with E-state index in [0.717, 1.165) is 11.3 Å². The van der Waals surface area contributed by atoms with Gasteiger partial charge in [-0.2, -0.15) is 0 Å². The molecule has 2 aromatic heterocycles. The summed E-state index contributed by atoms with van der Waals surface area (Å²) in [7, 11) is 1.29. The minimum absolute atomic E-state index is 0.315. The summed E-state index contributed by atoms with van der Waals surface area (Å²) in [5, 5.41) is 2.90. The van der Waals surface area contributed by atoms with Gasteiger partial charge in [-0.3, -0.25) is 10.1 Å². The van der Waals surface area contributed by atoms with E-state index in [2.05, 4.69) is 25.0 Å². The number of nitrogens with one attached hydrogen (secondary N) is 1. The van der Waals surface area contributed by atoms with E-state index in [0.29, 0.717) is 21.3 Å². The lowest BCUT2D eigenvalue weighted by Gasteiger charge is -1.99. The summed E-state index contributed by atoms with van der Waals surface area (Å²) in [4.78, 5) is 35.2. The van der Waals surface area contributed by atoms with Gasteiger partial charge in [0.15, 0.2) is 5.13 Å². The number of hydrogen-bond acceptors (Lipinski definition) is 7. The van der Waals surface area contributed by atoms with Crippen molar-refractivity contribution in [2.75, 3.05) is 12.4 Å². The molecule has 1 amide bonds. The Kier molecular flexibility index (Phi) is 3.81. The van der Waals surface area contributed by atoms with Crippen molar-refractivity contribution in [3.05, 3.63) is 34.9 Å². The van der Waals surface area contributed by atoms with Gasteiger partial charge in [-0.05, 0) is 6.92 Å². The number of thiazole rings is 1. The molecule has 0 radical (unpaired) electrons. The van der Waals surface area contributed by atoms with Gasteiger partial charge < -0.3 is 4.74 Å². The number of ether oxygens (including phenoxy) is 1. The van der Waals surface area contributed by atoms with Crippen LogP contribution >= 0.6 is 11.3 Å². The van der Waals surface area contributed by atoms with E-state index < -0.39 is 5.97 Å². The third kappa shape index (κ3) is 2.91. The molecule has 2 aromatic rings. The number of anilines is 1. The van der Waals surface area contributed by atoms with E-state index in [9.17, 15) is 9.59 Å². The van der Waals surface area contributed by atoms with Gasteiger partial charge in [0.1, 0.15) is 11.2 Å². The van der Waals surface area contributed by atoms with E-state index >= 15 is 0 Å². The van der Waals surface area contributed by atoms with Gasteiger partial charge in [0.2, 0.25) is 0 Å². The van der Waals surface area contributed by atoms with Crippen LogP contribution in [0.4, 0.5) is 5.13 Å². The van der Waals surface area contributed by atoms with Crippen LogP contribution in [-0.2, 0) is 4.74 Å². The third-order valence-electron chi connectivity index (χ3n) is 2.21. The molecule has 2 heterocycles. The molecule has 2 rings (SSSR count). The second-order valence-electron chi connectivity index (χ2n) is 3.51. The van der Waals surface area contributed by atoms with Crippen LogP contribution in [-0.4, -0.2) is 33.9 Å². The van der Waals surface area contributed by atoms with Crippen molar-refractivity contribution in [1.29, 1.82) is 0 Å². The molecule has 0 fully saturated rings. The minimum Gasteiger partial charge on any atom is -0.465 e. The molecular formula is C11H10N4O3S. The number of aryl methyl sites for hydroxylation is 1. The zero-order chi connectivity index (χ0) is 13.8. The molecular weight excluding hydrogens is 268 g/mol. The average molecular weight is 278 g/mol. The van der Waals surface area contributed by atoms with Crippen molar-refractivity contribution in [2.24, 2.45) is 0 Å². The Morgan fingerprint density at radius 1 is 1.32 bits per heavy atom. The topological polar surface area (TPSA) is 94.1 Å². The maximum atomic E-state index is 11.8. The predicted molar refractivity (Wildman–Crippen MR) is 68.2 cm³/mol. The van der Waals surface area contributed by atoms with Crippen LogP contribution in [0.25, 0.3) is 0 Å². The highest BCUT2D eigenvalue weighted by Gasteiger charge is 2.17. The Bertz CT molecular complexity index is 612. The Morgan fingerprint density at radius 3 is 2.63 bits per heavy atom. The molecule has 0 saturated heterocycles. The summed E-state index contributed by atoms with van der Waals surface area (Å²) in [5.41, 5.74) is 0.825. The van der Waals surface area contributed by atoms with E-state index in [1.807, 2.05) is 0 Å². The van der Waals surface area contributed by atoms with Crippen molar-refractivity contribution in [3.63, 3.8) is 0 Å². The molecule has 0 aliphatic rings. The summed E-state index contributed by atoms with van der Waals surface area (Å²) in [6, 6.07) is 0. The number of amides is 1. The van der Waals surface area contributed by atoms with Gasteiger partial charge in [0.05, 0.1) is 18.4 Å². The maximum Gasteiger partial charge on any atom is 0.350 e. The standard InChI is InChI=1S/C11H10N4O3S/c1-6-8(10(17)18-2)19-11(14-6)15-9(16)7-3-12-5-13-4-7/h3-5H,1-2H3,(H,14,15,16). The van der Waals surface area contributed by atoms with E-state index in [1.54, 1.807) is 6.92 Å². The monoisotopic (exact) mass is 278 g/mol. The third-order valence-corrected chi connectivity index (χ3v) is 3.26. The van der Waals surface area contributed by atoms with Gasteiger partial charge in [0, 0.05) is 12.4 Å². The molecule has 0 unspecified atom stereocenters. The van der Waals surface area contributed by atoms with E-state index in [4.69, 9.17) is 0 Å². The predicted octanol–water partition coefficient (Wildman–Crippen LogP) is 1.28. The van der Waals surface area contributed by atoms with Crippen molar-refractivity contribution < 1.29 is 14.3 Å². The summed E-state index contributed by atoms with van der Waals surface area (Å²) in [6.45, 7) is 1.67. The van der Waals surface area contributed by atoms with Crippen molar-refractivity contribution in [2.45, 2.75) is 6.92 Å². The number of methoxy groups -OCH3 is 1. The number of rotatable bonds is 3. The van der Waals surface area contributed by atoms with Crippen LogP contribution < -0.4 is 5.32 Å². The van der Waals surface area contributed by atoms with Gasteiger partial charge in [0.25, 0.3) is 5.91 Å². The van der Waals surface area contributed by atoms with Gasteiger partial charge in [-0.25, -0.2) is 19.7 Å². The van der Waals surface area contributed by atoms with Crippen LogP contribution in [0.3, 0.4) is 0 Å². The molecule has 1 N–H and O–H groups in total. The first-order valence-electron chi connectivity index (χ1n) is 5.24. The highest BCUT2D eigenvalue weighted by molar-refractivity contribution is 7.17. The molecule has 8 heteroatoms. The van der Waals surface area contributed by atoms with Crippen molar-refractivity contribution >= 4 is 28.3 Å². The molecule has 0 aliphatic heterocycles. The first-order chi connectivity index (χ1) is 9.11. The number of carbonyl (C=O) groups excluding carboxylic acids is 2. The van der Waals surface area contributed by atoms with Crippen molar-refractivity contribution in [1.82, 2.24) is 15.0 Å². The maximum absolute atomic E-state index is 11.8. The Balaban J connectivity index is 2.16. The minimum atomic E-state index is -0.474. The zero-order valence-corrected chi connectivity index (χ0v) is 11.0. The lowest BCUT2D eigenvalue weighted by Crippen LogP contribution is -2.12. The normalized spacial score (nSPS) is 10.0. The molecule has 7 nitrogen and oxygen atoms in total. The fraction of sp³-hybridized carbons (Fsp3) is 0.182. The molecule has 0 bridgehead atoms. The average Bonchev–Trinajstić information content (AvgIpc) is 2.79. The number of nitrogens with zero attached hydrogens (tertiary/aromatic N) is 3. The van der Waals surface area contributed by atoms with E-state index in [-0.39, 0.29) is 5.91 Å². The fourth-order valence-electron chi connectivity index (χ4n) is 1.32. The van der Waals surface area contributed by atoms with Crippen LogP contribution in [0.1, 0.15) is 25.7 Å². The van der Waals surface area contributed by atoms with E-state index in [1.165, 1.54) is 25.8 Å². The molecule has 0 aliphatic carbocycles. The molecule has 98 valence electrons. The Morgan fingerprint density at radius 2 is 2.00 bits per heavy atom. The Hall–Kier alpha value is -2.35. The van der Waals surface area contributed by atoms with Crippen LogP contribution in [0, 0.1) is 6.92 Å². The highest BCUT2D eigenvalue weighted by Crippen LogP contribution is 2.23. The molecule has 0 saturated carbocycles. The first kappa shape index (κ1) is 13.1. The Labute approximate surface area is 112 Å². The first-order valence-corrected chi connectivity index (χ1v) is 6.05. The highest BCUT2D eigenvalue weighted by atomic mass is 32.1. The van der Waals surface area contributed by atoms with Gasteiger partial charge in [-0.15, -0.1) is 0 Å². The van der Waals surface area contributed by atoms with Gasteiger partial charge in [-0.1, -0.05) is 11.3 Å². The smallest absolute Gasteiger partial charge is 0.350 e. The number of hydrogen-bond donors (Lipinski definition) is 1. The van der Waals surface area contributed by atoms with Gasteiger partial charge >= 0.3 is 5.97 Å². The summed E-state index contributed by atoms with van der Waals surface area (Å²) >= 11 is 1.06. The quantitative estimate of drug-likeness (QED) is 0.850. The second-order valence-corrected chi connectivity index (χ2v) is 4.51. The van der Waals surface area contributed by atoms with Crippen LogP contribution in [0.15, 0.2) is 18.7 Å². The fourth-order valence-corrected chi connectivity index (χ4v) is 2.20. The van der Waals surface area contributed by atoms with Crippen LogP contribution in [0.5, 0.6) is 0 Å². The SMILES string of the molecule is COC(=O)c1sc(NC(=O)c2cncnc2)nc1C. The molecule has 19 heavy (non-hydrogen) atoms. The number of carbonyl (C=O) groups is 2. The number of aromatic nitrogens is 3. The lowest BCUT2D eigenvalue weighted by atomic mass is 10.3. The number of esters is 1. The summed E-state index contributed by atoms with van der Waals surface area (Å²) in [6.07, 6.45) is 4.12. The van der Waals surface area contributed by atoms with Crippen molar-refractivity contribution in [3.8, 4) is 0 Å². The summed E-state index contributed by atoms with van der Waals surface area (Å²) < 4.78 is 4.62. The molecule has 0 aromatic carbocycles. The zero-order valence-electron chi connectivity index (χ0n) is 10.2. The largest absolute Gasteiger partial charge is 0.465 e. The summed E-state index contributed by atoms with van der Waals surface area (Å²) in [5.74, 6) is -0.857. The second kappa shape index (κ2) is 5.53. The van der Waals surface area contributed by atoms with Crippen LogP contribution in [0.2, 0.25) is 0 Å².